The van der Waals surface area contributed by atoms with Crippen LogP contribution in [0.2, 0.25) is 0 Å². The summed E-state index contributed by atoms with van der Waals surface area (Å²) in [6.45, 7) is 3.53. The fourth-order valence-corrected chi connectivity index (χ4v) is 3.45. The molecule has 0 saturated heterocycles. The van der Waals surface area contributed by atoms with E-state index < -0.39 is 0 Å². The summed E-state index contributed by atoms with van der Waals surface area (Å²) in [6, 6.07) is 14.1. The first-order valence-electron chi connectivity index (χ1n) is 10.0. The average molecular weight is 380 g/mol. The molecule has 1 fully saturated rings. The molecule has 0 N–H and O–H groups in total. The van der Waals surface area contributed by atoms with Crippen LogP contribution in [0, 0.1) is 11.8 Å². The maximum absolute atomic E-state index is 12.9. The summed E-state index contributed by atoms with van der Waals surface area (Å²) in [5, 5.41) is 0. The van der Waals surface area contributed by atoms with Crippen LogP contribution in [0.25, 0.3) is 0 Å². The zero-order valence-corrected chi connectivity index (χ0v) is 16.4. The van der Waals surface area contributed by atoms with Crippen molar-refractivity contribution < 1.29 is 14.3 Å². The number of amides is 1. The highest BCUT2D eigenvalue weighted by atomic mass is 16.5. The molecular weight excluding hydrogens is 352 g/mol. The zero-order valence-electron chi connectivity index (χ0n) is 16.4. The molecule has 0 spiro atoms. The van der Waals surface area contributed by atoms with Gasteiger partial charge in [-0.15, -0.1) is 0 Å². The molecule has 5 nitrogen and oxygen atoms in total. The van der Waals surface area contributed by atoms with Crippen molar-refractivity contribution in [3.8, 4) is 0 Å². The van der Waals surface area contributed by atoms with E-state index in [1.807, 2.05) is 42.2 Å². The van der Waals surface area contributed by atoms with E-state index in [4.69, 9.17) is 4.74 Å². The monoisotopic (exact) mass is 380 g/mol. The number of pyridine rings is 1. The molecule has 1 amide bonds. The van der Waals surface area contributed by atoms with Gasteiger partial charge in [-0.3, -0.25) is 14.6 Å². The average Bonchev–Trinajstić information content (AvgIpc) is 3.50. The third-order valence-corrected chi connectivity index (χ3v) is 5.18. The van der Waals surface area contributed by atoms with Crippen molar-refractivity contribution in [1.29, 1.82) is 0 Å². The molecule has 0 aliphatic heterocycles. The summed E-state index contributed by atoms with van der Waals surface area (Å²) in [6.07, 6.45) is 6.31. The number of hydrogen-bond acceptors (Lipinski definition) is 4. The lowest BCUT2D eigenvalue weighted by molar-refractivity contribution is -0.145. The maximum atomic E-state index is 12.9. The van der Waals surface area contributed by atoms with E-state index in [1.54, 1.807) is 12.4 Å². The standard InChI is InChI=1S/C23H28N2O3/c1-2-28-23(27)21-15-20(21)17-25(14-12-18-7-4-3-5-8-18)22(26)11-10-19-9-6-13-24-16-19/h3-9,13,16,20-21H,2,10-12,14-15,17H2,1H3/t20-,21+/m0/s1. The highest BCUT2D eigenvalue weighted by molar-refractivity contribution is 5.78. The van der Waals surface area contributed by atoms with Gasteiger partial charge in [0.05, 0.1) is 12.5 Å². The molecule has 28 heavy (non-hydrogen) atoms. The molecule has 1 heterocycles. The van der Waals surface area contributed by atoms with Crippen molar-refractivity contribution in [2.75, 3.05) is 19.7 Å². The van der Waals surface area contributed by atoms with Gasteiger partial charge in [0.1, 0.15) is 0 Å². The summed E-state index contributed by atoms with van der Waals surface area (Å²) in [4.78, 5) is 30.9. The number of nitrogens with zero attached hydrogens (tertiary/aromatic N) is 2. The molecule has 1 saturated carbocycles. The number of rotatable bonds is 10. The van der Waals surface area contributed by atoms with Gasteiger partial charge in [-0.2, -0.15) is 0 Å². The number of hydrogen-bond donors (Lipinski definition) is 0. The first-order valence-corrected chi connectivity index (χ1v) is 10.0. The van der Waals surface area contributed by atoms with E-state index in [0.717, 1.165) is 18.4 Å². The number of benzene rings is 1. The molecule has 148 valence electrons. The Hall–Kier alpha value is -2.69. The molecule has 1 aliphatic rings. The Morgan fingerprint density at radius 3 is 2.61 bits per heavy atom. The Bertz CT molecular complexity index is 764. The molecule has 0 unspecified atom stereocenters. The maximum Gasteiger partial charge on any atom is 0.309 e. The quantitative estimate of drug-likeness (QED) is 0.594. The summed E-state index contributed by atoms with van der Waals surface area (Å²) >= 11 is 0. The molecule has 2 atom stereocenters. The Morgan fingerprint density at radius 1 is 1.11 bits per heavy atom. The Labute approximate surface area is 166 Å². The van der Waals surface area contributed by atoms with Gasteiger partial charge in [-0.05, 0) is 49.3 Å². The SMILES string of the molecule is CCOC(=O)[C@@H]1C[C@H]1CN(CCc1ccccc1)C(=O)CCc1cccnc1. The Morgan fingerprint density at radius 2 is 1.89 bits per heavy atom. The molecule has 5 heteroatoms. The number of carbonyl (C=O) groups excluding carboxylic acids is 2. The second-order valence-electron chi connectivity index (χ2n) is 7.29. The van der Waals surface area contributed by atoms with Crippen molar-refractivity contribution in [2.45, 2.75) is 32.6 Å². The van der Waals surface area contributed by atoms with E-state index >= 15 is 0 Å². The lowest BCUT2D eigenvalue weighted by Crippen LogP contribution is -2.35. The van der Waals surface area contributed by atoms with E-state index in [9.17, 15) is 9.59 Å². The summed E-state index contributed by atoms with van der Waals surface area (Å²) < 4.78 is 5.12. The van der Waals surface area contributed by atoms with Crippen LogP contribution in [0.5, 0.6) is 0 Å². The summed E-state index contributed by atoms with van der Waals surface area (Å²) in [7, 11) is 0. The van der Waals surface area contributed by atoms with Gasteiger partial charge in [0.25, 0.3) is 0 Å². The lowest BCUT2D eigenvalue weighted by atomic mass is 10.1. The van der Waals surface area contributed by atoms with Crippen LogP contribution in [-0.4, -0.2) is 41.5 Å². The van der Waals surface area contributed by atoms with Crippen molar-refractivity contribution in [1.82, 2.24) is 9.88 Å². The van der Waals surface area contributed by atoms with E-state index in [0.29, 0.717) is 32.5 Å². The second-order valence-corrected chi connectivity index (χ2v) is 7.29. The minimum atomic E-state index is -0.127. The van der Waals surface area contributed by atoms with Crippen molar-refractivity contribution >= 4 is 11.9 Å². The molecule has 1 aliphatic carbocycles. The third-order valence-electron chi connectivity index (χ3n) is 5.18. The number of ether oxygens (including phenoxy) is 1. The van der Waals surface area contributed by atoms with Crippen LogP contribution >= 0.6 is 0 Å². The molecule has 1 aromatic heterocycles. The molecule has 1 aromatic carbocycles. The predicted octanol–water partition coefficient (Wildman–Crippen LogP) is 3.28. The van der Waals surface area contributed by atoms with Crippen LogP contribution in [0.1, 0.15) is 30.9 Å². The lowest BCUT2D eigenvalue weighted by Gasteiger charge is -2.23. The highest BCUT2D eigenvalue weighted by Crippen LogP contribution is 2.40. The minimum absolute atomic E-state index is 0.0506. The van der Waals surface area contributed by atoms with Crippen molar-refractivity contribution in [2.24, 2.45) is 11.8 Å². The topological polar surface area (TPSA) is 59.5 Å². The first-order chi connectivity index (χ1) is 13.7. The Balaban J connectivity index is 1.57. The second kappa shape index (κ2) is 10.0. The summed E-state index contributed by atoms with van der Waals surface area (Å²) in [5.74, 6) is 0.176. The summed E-state index contributed by atoms with van der Waals surface area (Å²) in [5.41, 5.74) is 2.28. The van der Waals surface area contributed by atoms with Gasteiger partial charge in [0.15, 0.2) is 0 Å². The van der Waals surface area contributed by atoms with E-state index in [-0.39, 0.29) is 23.7 Å². The molecule has 0 radical (unpaired) electrons. The normalized spacial score (nSPS) is 17.8. The fourth-order valence-electron chi connectivity index (χ4n) is 3.45. The van der Waals surface area contributed by atoms with Crippen LogP contribution in [0.4, 0.5) is 0 Å². The van der Waals surface area contributed by atoms with Gasteiger partial charge in [-0.25, -0.2) is 0 Å². The van der Waals surface area contributed by atoms with Crippen LogP contribution in [0.15, 0.2) is 54.9 Å². The molecule has 2 aromatic rings. The number of aromatic nitrogens is 1. The van der Waals surface area contributed by atoms with Gasteiger partial charge < -0.3 is 9.64 Å². The van der Waals surface area contributed by atoms with Crippen molar-refractivity contribution in [3.63, 3.8) is 0 Å². The molecular formula is C23H28N2O3. The minimum Gasteiger partial charge on any atom is -0.466 e. The van der Waals surface area contributed by atoms with Gasteiger partial charge in [-0.1, -0.05) is 36.4 Å². The van der Waals surface area contributed by atoms with Crippen LogP contribution < -0.4 is 0 Å². The Kier molecular flexibility index (Phi) is 7.18. The number of esters is 1. The largest absolute Gasteiger partial charge is 0.466 e. The number of carbonyl (C=O) groups is 2. The van der Waals surface area contributed by atoms with Gasteiger partial charge >= 0.3 is 5.97 Å². The fraction of sp³-hybridized carbons (Fsp3) is 0.435. The van der Waals surface area contributed by atoms with Crippen molar-refractivity contribution in [3.05, 3.63) is 66.0 Å². The van der Waals surface area contributed by atoms with Gasteiger partial charge in [0.2, 0.25) is 5.91 Å². The molecule has 0 bridgehead atoms. The highest BCUT2D eigenvalue weighted by Gasteiger charge is 2.45. The van der Waals surface area contributed by atoms with Crippen LogP contribution in [0.3, 0.4) is 0 Å². The van der Waals surface area contributed by atoms with Gasteiger partial charge in [0, 0.05) is 31.9 Å². The zero-order chi connectivity index (χ0) is 19.8. The predicted molar refractivity (Wildman–Crippen MR) is 108 cm³/mol. The van der Waals surface area contributed by atoms with Crippen LogP contribution in [-0.2, 0) is 27.2 Å². The van der Waals surface area contributed by atoms with E-state index in [2.05, 4.69) is 17.1 Å². The molecule has 3 rings (SSSR count). The smallest absolute Gasteiger partial charge is 0.309 e. The third kappa shape index (κ3) is 5.91. The number of aryl methyl sites for hydroxylation is 1. The first kappa shape index (κ1) is 20.1. The van der Waals surface area contributed by atoms with E-state index in [1.165, 1.54) is 5.56 Å².